The van der Waals surface area contributed by atoms with Crippen LogP contribution in [0.1, 0.15) is 25.0 Å². The summed E-state index contributed by atoms with van der Waals surface area (Å²) in [5, 5.41) is 3.71. The molecular formula is C19H21NS. The Balaban J connectivity index is 2.35. The highest BCUT2D eigenvalue weighted by atomic mass is 32.2. The Morgan fingerprint density at radius 3 is 1.62 bits per heavy atom. The lowest BCUT2D eigenvalue weighted by Gasteiger charge is -2.18. The van der Waals surface area contributed by atoms with Gasteiger partial charge in [0.15, 0.2) is 0 Å². The van der Waals surface area contributed by atoms with E-state index in [9.17, 15) is 0 Å². The van der Waals surface area contributed by atoms with Gasteiger partial charge in [-0.3, -0.25) is 4.90 Å². The van der Waals surface area contributed by atoms with Crippen LogP contribution in [0.3, 0.4) is 0 Å². The Morgan fingerprint density at radius 2 is 1.24 bits per heavy atom. The van der Waals surface area contributed by atoms with Crippen molar-refractivity contribution in [2.24, 2.45) is 0 Å². The van der Waals surface area contributed by atoms with Gasteiger partial charge in [-0.2, -0.15) is 0 Å². The maximum atomic E-state index is 3.27. The topological polar surface area (TPSA) is 3.24 Å². The van der Waals surface area contributed by atoms with E-state index >= 15 is 0 Å². The average Bonchev–Trinajstić information content (AvgIpc) is 2.46. The van der Waals surface area contributed by atoms with Gasteiger partial charge in [0.05, 0.1) is 11.4 Å². The number of anilines is 2. The molecule has 2 rings (SSSR count). The minimum atomic E-state index is 0.510. The van der Waals surface area contributed by atoms with Crippen LogP contribution in [0.4, 0.5) is 11.4 Å². The van der Waals surface area contributed by atoms with Crippen molar-refractivity contribution in [1.82, 2.24) is 0 Å². The van der Waals surface area contributed by atoms with Gasteiger partial charge in [-0.05, 0) is 43.4 Å². The molecule has 0 bridgehead atoms. The highest BCUT2D eigenvalue weighted by Gasteiger charge is 2.06. The quantitative estimate of drug-likeness (QED) is 0.543. The van der Waals surface area contributed by atoms with Gasteiger partial charge >= 0.3 is 0 Å². The Labute approximate surface area is 132 Å². The minimum absolute atomic E-state index is 0.510. The number of aryl methyl sites for hydroxylation is 2. The van der Waals surface area contributed by atoms with Crippen LogP contribution in [0, 0.1) is 25.1 Å². The number of nitrogens with zero attached hydrogens (tertiary/aromatic N) is 1. The molecule has 0 fully saturated rings. The van der Waals surface area contributed by atoms with Crippen LogP contribution in [0.2, 0.25) is 0 Å². The SMILES string of the molecule is Cc1ccc(N(C#CSC(C)C)c2ccc(C)cc2)cc1. The smallest absolute Gasteiger partial charge is 0.0546 e. The van der Waals surface area contributed by atoms with Gasteiger partial charge in [0.1, 0.15) is 0 Å². The third kappa shape index (κ3) is 4.58. The van der Waals surface area contributed by atoms with E-state index in [2.05, 4.69) is 87.5 Å². The molecule has 0 heterocycles. The number of hydrogen-bond acceptors (Lipinski definition) is 2. The van der Waals surface area contributed by atoms with Gasteiger partial charge in [0.2, 0.25) is 0 Å². The van der Waals surface area contributed by atoms with E-state index in [0.29, 0.717) is 5.25 Å². The molecule has 2 aromatic carbocycles. The molecule has 0 aliphatic rings. The van der Waals surface area contributed by atoms with Crippen LogP contribution in [-0.2, 0) is 0 Å². The minimum Gasteiger partial charge on any atom is -0.269 e. The molecule has 0 atom stereocenters. The molecule has 21 heavy (non-hydrogen) atoms. The van der Waals surface area contributed by atoms with Crippen molar-refractivity contribution < 1.29 is 0 Å². The summed E-state index contributed by atoms with van der Waals surface area (Å²) in [5.74, 6) is 0. The lowest BCUT2D eigenvalue weighted by atomic mass is 10.2. The zero-order valence-corrected chi connectivity index (χ0v) is 13.9. The van der Waals surface area contributed by atoms with Crippen molar-refractivity contribution in [2.75, 3.05) is 4.90 Å². The van der Waals surface area contributed by atoms with Crippen LogP contribution in [0.25, 0.3) is 0 Å². The van der Waals surface area contributed by atoms with Crippen molar-refractivity contribution in [3.8, 4) is 11.3 Å². The van der Waals surface area contributed by atoms with Crippen LogP contribution in [-0.4, -0.2) is 5.25 Å². The van der Waals surface area contributed by atoms with Crippen LogP contribution in [0.15, 0.2) is 48.5 Å². The molecule has 2 aromatic rings. The molecule has 0 spiro atoms. The first-order chi connectivity index (χ1) is 10.1. The zero-order valence-electron chi connectivity index (χ0n) is 13.1. The Morgan fingerprint density at radius 1 is 0.810 bits per heavy atom. The van der Waals surface area contributed by atoms with Crippen molar-refractivity contribution >= 4 is 23.1 Å². The zero-order chi connectivity index (χ0) is 15.2. The predicted molar refractivity (Wildman–Crippen MR) is 95.0 cm³/mol. The van der Waals surface area contributed by atoms with Gasteiger partial charge in [-0.1, -0.05) is 61.0 Å². The number of hydrogen-bond donors (Lipinski definition) is 0. The standard InChI is InChI=1S/C19H21NS/c1-15(2)21-14-13-20(18-9-5-16(3)6-10-18)19-11-7-17(4)8-12-19/h5-12,15H,1-4H3. The largest absolute Gasteiger partial charge is 0.269 e. The normalized spacial score (nSPS) is 10.1. The second-order valence-electron chi connectivity index (χ2n) is 5.39. The molecule has 2 heteroatoms. The second kappa shape index (κ2) is 7.24. The fourth-order valence-corrected chi connectivity index (χ4v) is 2.24. The number of thioether (sulfide) groups is 1. The molecule has 0 N–H and O–H groups in total. The van der Waals surface area contributed by atoms with Crippen LogP contribution >= 0.6 is 11.8 Å². The van der Waals surface area contributed by atoms with E-state index < -0.39 is 0 Å². The van der Waals surface area contributed by atoms with E-state index in [-0.39, 0.29) is 0 Å². The summed E-state index contributed by atoms with van der Waals surface area (Å²) in [6.07, 6.45) is 0. The maximum absolute atomic E-state index is 3.27. The predicted octanol–water partition coefficient (Wildman–Crippen LogP) is 5.50. The first-order valence-electron chi connectivity index (χ1n) is 7.16. The molecule has 0 aromatic heterocycles. The molecule has 0 unspecified atom stereocenters. The van der Waals surface area contributed by atoms with Crippen LogP contribution < -0.4 is 4.90 Å². The molecule has 0 aliphatic heterocycles. The molecule has 0 saturated carbocycles. The van der Waals surface area contributed by atoms with E-state index in [0.717, 1.165) is 11.4 Å². The first kappa shape index (κ1) is 15.5. The summed E-state index contributed by atoms with van der Waals surface area (Å²) < 4.78 is 0. The van der Waals surface area contributed by atoms with E-state index in [1.807, 2.05) is 4.90 Å². The van der Waals surface area contributed by atoms with E-state index in [1.165, 1.54) is 11.1 Å². The lowest BCUT2D eigenvalue weighted by Crippen LogP contribution is -2.09. The lowest BCUT2D eigenvalue weighted by molar-refractivity contribution is 1.12. The van der Waals surface area contributed by atoms with Gasteiger partial charge in [-0.15, -0.1) is 0 Å². The van der Waals surface area contributed by atoms with Crippen molar-refractivity contribution in [1.29, 1.82) is 0 Å². The van der Waals surface area contributed by atoms with E-state index in [4.69, 9.17) is 0 Å². The van der Waals surface area contributed by atoms with E-state index in [1.54, 1.807) is 11.8 Å². The van der Waals surface area contributed by atoms with Crippen molar-refractivity contribution in [2.45, 2.75) is 32.9 Å². The third-order valence-electron chi connectivity index (χ3n) is 3.04. The molecule has 1 nitrogen and oxygen atoms in total. The second-order valence-corrected chi connectivity index (χ2v) is 6.77. The van der Waals surface area contributed by atoms with Gasteiger partial charge in [-0.25, -0.2) is 0 Å². The summed E-state index contributed by atoms with van der Waals surface area (Å²) in [4.78, 5) is 2.05. The third-order valence-corrected chi connectivity index (χ3v) is 3.72. The highest BCUT2D eigenvalue weighted by Crippen LogP contribution is 2.25. The molecule has 108 valence electrons. The molecule has 0 saturated heterocycles. The molecule has 0 radical (unpaired) electrons. The molecule has 0 amide bonds. The fraction of sp³-hybridized carbons (Fsp3) is 0.263. The fourth-order valence-electron chi connectivity index (χ4n) is 1.86. The van der Waals surface area contributed by atoms with Crippen molar-refractivity contribution in [3.63, 3.8) is 0 Å². The summed E-state index contributed by atoms with van der Waals surface area (Å²) in [6, 6.07) is 20.2. The number of benzene rings is 2. The molecule has 0 aliphatic carbocycles. The van der Waals surface area contributed by atoms with Crippen molar-refractivity contribution in [3.05, 3.63) is 59.7 Å². The summed E-state index contributed by atoms with van der Waals surface area (Å²) in [5.41, 5.74) is 4.71. The summed E-state index contributed by atoms with van der Waals surface area (Å²) in [6.45, 7) is 8.50. The highest BCUT2D eigenvalue weighted by molar-refractivity contribution is 8.04. The van der Waals surface area contributed by atoms with Crippen LogP contribution in [0.5, 0.6) is 0 Å². The van der Waals surface area contributed by atoms with Gasteiger partial charge in [0.25, 0.3) is 0 Å². The average molecular weight is 295 g/mol. The monoisotopic (exact) mass is 295 g/mol. The number of rotatable bonds is 3. The summed E-state index contributed by atoms with van der Waals surface area (Å²) >= 11 is 1.65. The maximum Gasteiger partial charge on any atom is 0.0546 e. The first-order valence-corrected chi connectivity index (χ1v) is 8.04. The Kier molecular flexibility index (Phi) is 5.36. The molecular weight excluding hydrogens is 274 g/mol. The Hall–Kier alpha value is -1.85. The van der Waals surface area contributed by atoms with Gasteiger partial charge < -0.3 is 0 Å². The Bertz CT molecular complexity index is 585. The summed E-state index contributed by atoms with van der Waals surface area (Å²) in [7, 11) is 0. The van der Waals surface area contributed by atoms with Gasteiger partial charge in [0, 0.05) is 11.3 Å².